The zero-order valence-electron chi connectivity index (χ0n) is 9.74. The quantitative estimate of drug-likeness (QED) is 0.824. The predicted octanol–water partition coefficient (Wildman–Crippen LogP) is 0.286. The van der Waals surface area contributed by atoms with Gasteiger partial charge in [0.15, 0.2) is 0 Å². The van der Waals surface area contributed by atoms with Crippen molar-refractivity contribution in [2.24, 2.45) is 13.0 Å². The van der Waals surface area contributed by atoms with Crippen LogP contribution in [0.4, 0.5) is 5.95 Å². The molecule has 7 nitrogen and oxygen atoms in total. The number of imidazole rings is 1. The SMILES string of the molecule is CC(Cn1cncn1)C(=O)Nc1nccn1C. The largest absolute Gasteiger partial charge is 0.320 e. The number of nitrogens with one attached hydrogen (secondary N) is 1. The van der Waals surface area contributed by atoms with Gasteiger partial charge in [0.2, 0.25) is 11.9 Å². The fraction of sp³-hybridized carbons (Fsp3) is 0.400. The van der Waals surface area contributed by atoms with Gasteiger partial charge in [0.05, 0.1) is 12.5 Å². The Balaban J connectivity index is 1.94. The van der Waals surface area contributed by atoms with Gasteiger partial charge in [0.25, 0.3) is 0 Å². The third kappa shape index (κ3) is 2.68. The van der Waals surface area contributed by atoms with Crippen LogP contribution in [0.1, 0.15) is 6.92 Å². The monoisotopic (exact) mass is 234 g/mol. The van der Waals surface area contributed by atoms with Crippen LogP contribution in [-0.2, 0) is 18.4 Å². The first-order valence-electron chi connectivity index (χ1n) is 5.27. The van der Waals surface area contributed by atoms with Crippen LogP contribution >= 0.6 is 0 Å². The lowest BCUT2D eigenvalue weighted by Crippen LogP contribution is -2.25. The highest BCUT2D eigenvalue weighted by atomic mass is 16.2. The molecule has 7 heteroatoms. The Kier molecular flexibility index (Phi) is 3.17. The van der Waals surface area contributed by atoms with Crippen LogP contribution in [0.25, 0.3) is 0 Å². The fourth-order valence-electron chi connectivity index (χ4n) is 1.41. The minimum Gasteiger partial charge on any atom is -0.320 e. The third-order valence-corrected chi connectivity index (χ3v) is 2.43. The molecule has 1 N–H and O–H groups in total. The molecule has 1 atom stereocenters. The number of rotatable bonds is 4. The van der Waals surface area contributed by atoms with Crippen molar-refractivity contribution in [3.8, 4) is 0 Å². The summed E-state index contributed by atoms with van der Waals surface area (Å²) in [5.74, 6) is 0.253. The highest BCUT2D eigenvalue weighted by molar-refractivity contribution is 5.90. The van der Waals surface area contributed by atoms with E-state index in [0.29, 0.717) is 12.5 Å². The van der Waals surface area contributed by atoms with Crippen molar-refractivity contribution in [1.29, 1.82) is 0 Å². The van der Waals surface area contributed by atoms with Gasteiger partial charge in [-0.25, -0.2) is 9.97 Å². The number of hydrogen-bond acceptors (Lipinski definition) is 4. The number of amides is 1. The molecule has 0 saturated heterocycles. The average Bonchev–Trinajstić information content (AvgIpc) is 2.91. The number of aryl methyl sites for hydroxylation is 1. The van der Waals surface area contributed by atoms with Gasteiger partial charge in [-0.3, -0.25) is 14.8 Å². The molecule has 0 aliphatic rings. The summed E-state index contributed by atoms with van der Waals surface area (Å²) < 4.78 is 3.38. The Morgan fingerprint density at radius 3 is 3.00 bits per heavy atom. The average molecular weight is 234 g/mol. The fourth-order valence-corrected chi connectivity index (χ4v) is 1.41. The number of anilines is 1. The van der Waals surface area contributed by atoms with Crippen LogP contribution in [-0.4, -0.2) is 30.2 Å². The lowest BCUT2D eigenvalue weighted by atomic mass is 10.1. The van der Waals surface area contributed by atoms with Crippen LogP contribution in [0.3, 0.4) is 0 Å². The lowest BCUT2D eigenvalue weighted by Gasteiger charge is -2.11. The van der Waals surface area contributed by atoms with Gasteiger partial charge in [0, 0.05) is 19.4 Å². The summed E-state index contributed by atoms with van der Waals surface area (Å²) in [5, 5.41) is 6.71. The Labute approximate surface area is 98.5 Å². The number of aromatic nitrogens is 5. The minimum atomic E-state index is -0.201. The maximum absolute atomic E-state index is 11.9. The topological polar surface area (TPSA) is 77.6 Å². The second-order valence-corrected chi connectivity index (χ2v) is 3.87. The molecule has 0 bridgehead atoms. The molecule has 2 heterocycles. The van der Waals surface area contributed by atoms with Gasteiger partial charge in [-0.2, -0.15) is 5.10 Å². The van der Waals surface area contributed by atoms with Gasteiger partial charge in [-0.1, -0.05) is 6.92 Å². The second-order valence-electron chi connectivity index (χ2n) is 3.87. The van der Waals surface area contributed by atoms with Crippen molar-refractivity contribution in [3.63, 3.8) is 0 Å². The summed E-state index contributed by atoms with van der Waals surface area (Å²) in [6.45, 7) is 2.33. The number of carbonyl (C=O) groups excluding carboxylic acids is 1. The molecular formula is C10H14N6O. The molecule has 0 aliphatic heterocycles. The Bertz CT molecular complexity index is 489. The summed E-state index contributed by atoms with van der Waals surface area (Å²) in [6, 6.07) is 0. The van der Waals surface area contributed by atoms with Crippen LogP contribution < -0.4 is 5.32 Å². The van der Waals surface area contributed by atoms with E-state index < -0.39 is 0 Å². The first kappa shape index (κ1) is 11.3. The maximum atomic E-state index is 11.9. The van der Waals surface area contributed by atoms with Gasteiger partial charge in [-0.05, 0) is 0 Å². The van der Waals surface area contributed by atoms with E-state index in [2.05, 4.69) is 20.4 Å². The summed E-state index contributed by atoms with van der Waals surface area (Å²) in [6.07, 6.45) is 6.45. The van der Waals surface area contributed by atoms with E-state index in [1.807, 2.05) is 14.0 Å². The van der Waals surface area contributed by atoms with Crippen LogP contribution in [0.5, 0.6) is 0 Å². The standard InChI is InChI=1S/C10H14N6O/c1-8(5-16-7-11-6-13-16)9(17)14-10-12-3-4-15(10)2/h3-4,6-8H,5H2,1-2H3,(H,12,14,17). The number of carbonyl (C=O) groups is 1. The lowest BCUT2D eigenvalue weighted by molar-refractivity contribution is -0.119. The normalized spacial score (nSPS) is 12.4. The maximum Gasteiger partial charge on any atom is 0.231 e. The van der Waals surface area contributed by atoms with E-state index in [9.17, 15) is 4.79 Å². The van der Waals surface area contributed by atoms with E-state index in [0.717, 1.165) is 0 Å². The zero-order chi connectivity index (χ0) is 12.3. The molecule has 1 amide bonds. The van der Waals surface area contributed by atoms with Crippen molar-refractivity contribution in [2.45, 2.75) is 13.5 Å². The summed E-state index contributed by atoms with van der Waals surface area (Å²) in [7, 11) is 1.82. The van der Waals surface area contributed by atoms with Gasteiger partial charge < -0.3 is 4.57 Å². The highest BCUT2D eigenvalue weighted by Gasteiger charge is 2.15. The van der Waals surface area contributed by atoms with E-state index in [-0.39, 0.29) is 11.8 Å². The van der Waals surface area contributed by atoms with E-state index in [1.54, 1.807) is 28.0 Å². The Morgan fingerprint density at radius 2 is 2.41 bits per heavy atom. The van der Waals surface area contributed by atoms with Gasteiger partial charge in [-0.15, -0.1) is 0 Å². The van der Waals surface area contributed by atoms with Crippen molar-refractivity contribution >= 4 is 11.9 Å². The molecule has 2 aromatic rings. The molecule has 90 valence electrons. The smallest absolute Gasteiger partial charge is 0.231 e. The molecule has 0 spiro atoms. The Hall–Kier alpha value is -2.18. The molecule has 17 heavy (non-hydrogen) atoms. The molecule has 2 aromatic heterocycles. The van der Waals surface area contributed by atoms with Crippen molar-refractivity contribution in [3.05, 3.63) is 25.0 Å². The molecule has 0 aliphatic carbocycles. The molecule has 0 fully saturated rings. The zero-order valence-corrected chi connectivity index (χ0v) is 9.74. The highest BCUT2D eigenvalue weighted by Crippen LogP contribution is 2.06. The van der Waals surface area contributed by atoms with Gasteiger partial charge >= 0.3 is 0 Å². The summed E-state index contributed by atoms with van der Waals surface area (Å²) in [4.78, 5) is 19.7. The molecule has 0 saturated carbocycles. The van der Waals surface area contributed by atoms with E-state index >= 15 is 0 Å². The predicted molar refractivity (Wildman–Crippen MR) is 61.0 cm³/mol. The number of nitrogens with zero attached hydrogens (tertiary/aromatic N) is 5. The first-order chi connectivity index (χ1) is 8.16. The molecule has 2 rings (SSSR count). The first-order valence-corrected chi connectivity index (χ1v) is 5.27. The van der Waals surface area contributed by atoms with Gasteiger partial charge in [0.1, 0.15) is 12.7 Å². The van der Waals surface area contributed by atoms with Crippen LogP contribution in [0.2, 0.25) is 0 Å². The van der Waals surface area contributed by atoms with Crippen molar-refractivity contribution < 1.29 is 4.79 Å². The molecular weight excluding hydrogens is 220 g/mol. The minimum absolute atomic E-state index is 0.0881. The van der Waals surface area contributed by atoms with Crippen LogP contribution in [0.15, 0.2) is 25.0 Å². The molecule has 1 unspecified atom stereocenters. The molecule has 0 aromatic carbocycles. The van der Waals surface area contributed by atoms with E-state index in [1.165, 1.54) is 6.33 Å². The van der Waals surface area contributed by atoms with Crippen molar-refractivity contribution in [2.75, 3.05) is 5.32 Å². The molecule has 0 radical (unpaired) electrons. The summed E-state index contributed by atoms with van der Waals surface area (Å²) in [5.41, 5.74) is 0. The van der Waals surface area contributed by atoms with Crippen molar-refractivity contribution in [1.82, 2.24) is 24.3 Å². The van der Waals surface area contributed by atoms with Crippen LogP contribution in [0, 0.1) is 5.92 Å². The Morgan fingerprint density at radius 1 is 1.59 bits per heavy atom. The third-order valence-electron chi connectivity index (χ3n) is 2.43. The summed E-state index contributed by atoms with van der Waals surface area (Å²) >= 11 is 0. The number of hydrogen-bond donors (Lipinski definition) is 1. The second kappa shape index (κ2) is 4.77. The van der Waals surface area contributed by atoms with E-state index in [4.69, 9.17) is 0 Å².